The van der Waals surface area contributed by atoms with Crippen LogP contribution in [0.2, 0.25) is 5.02 Å². The van der Waals surface area contributed by atoms with E-state index in [2.05, 4.69) is 10.4 Å². The van der Waals surface area contributed by atoms with Gasteiger partial charge >= 0.3 is 0 Å². The summed E-state index contributed by atoms with van der Waals surface area (Å²) in [5.41, 5.74) is 2.26. The maximum absolute atomic E-state index is 12.9. The summed E-state index contributed by atoms with van der Waals surface area (Å²) in [7, 11) is 0. The quantitative estimate of drug-likeness (QED) is 0.461. The molecule has 1 atom stereocenters. The van der Waals surface area contributed by atoms with E-state index in [-0.39, 0.29) is 23.6 Å². The minimum absolute atomic E-state index is 0.00499. The van der Waals surface area contributed by atoms with E-state index >= 15 is 0 Å². The highest BCUT2D eigenvalue weighted by molar-refractivity contribution is 6.30. The Labute approximate surface area is 173 Å². The van der Waals surface area contributed by atoms with Crippen molar-refractivity contribution in [1.29, 1.82) is 0 Å². The molecule has 0 bridgehead atoms. The van der Waals surface area contributed by atoms with Gasteiger partial charge in [-0.3, -0.25) is 14.9 Å². The molecule has 0 aliphatic rings. The van der Waals surface area contributed by atoms with Gasteiger partial charge in [0.2, 0.25) is 0 Å². The molecule has 7 nitrogen and oxygen atoms in total. The number of hydrogen-bond donors (Lipinski definition) is 1. The van der Waals surface area contributed by atoms with Crippen LogP contribution in [0.5, 0.6) is 0 Å². The fourth-order valence-electron chi connectivity index (χ4n) is 2.66. The lowest BCUT2D eigenvalue weighted by molar-refractivity contribution is -0.384. The Morgan fingerprint density at radius 1 is 1.10 bits per heavy atom. The summed E-state index contributed by atoms with van der Waals surface area (Å²) in [6, 6.07) is 14.7. The number of amides is 1. The van der Waals surface area contributed by atoms with Gasteiger partial charge < -0.3 is 5.32 Å². The van der Waals surface area contributed by atoms with E-state index in [1.807, 2.05) is 20.8 Å². The van der Waals surface area contributed by atoms with E-state index < -0.39 is 4.92 Å². The minimum Gasteiger partial charge on any atom is -0.348 e. The zero-order valence-corrected chi connectivity index (χ0v) is 17.1. The average Bonchev–Trinajstić information content (AvgIpc) is 3.14. The maximum Gasteiger partial charge on any atom is 0.270 e. The smallest absolute Gasteiger partial charge is 0.270 e. The van der Waals surface area contributed by atoms with Crippen molar-refractivity contribution < 1.29 is 9.72 Å². The molecular weight excluding hydrogens is 392 g/mol. The molecular formula is C21H21ClN4O3. The summed E-state index contributed by atoms with van der Waals surface area (Å²) < 4.78 is 1.55. The summed E-state index contributed by atoms with van der Waals surface area (Å²) in [6.45, 7) is 6.01. The number of non-ortho nitro benzene ring substituents is 1. The third-order valence-electron chi connectivity index (χ3n) is 4.75. The van der Waals surface area contributed by atoms with Crippen LogP contribution in [0, 0.1) is 16.0 Å². The van der Waals surface area contributed by atoms with Crippen LogP contribution < -0.4 is 5.32 Å². The molecule has 0 unspecified atom stereocenters. The van der Waals surface area contributed by atoms with Crippen LogP contribution >= 0.6 is 11.6 Å². The van der Waals surface area contributed by atoms with E-state index in [9.17, 15) is 14.9 Å². The van der Waals surface area contributed by atoms with Gasteiger partial charge in [-0.15, -0.1) is 0 Å². The fourth-order valence-corrected chi connectivity index (χ4v) is 2.79. The number of hydrogen-bond acceptors (Lipinski definition) is 4. The summed E-state index contributed by atoms with van der Waals surface area (Å²) in [5, 5.41) is 19.0. The number of aromatic nitrogens is 2. The van der Waals surface area contributed by atoms with Gasteiger partial charge in [-0.25, -0.2) is 4.68 Å². The number of nitro benzene ring substituents is 1. The molecule has 1 N–H and O–H groups in total. The van der Waals surface area contributed by atoms with Gasteiger partial charge in [0.15, 0.2) is 0 Å². The number of carbonyl (C=O) groups excluding carboxylic acids is 1. The molecule has 1 heterocycles. The highest BCUT2D eigenvalue weighted by Gasteiger charge is 2.20. The lowest BCUT2D eigenvalue weighted by atomic mass is 10.1. The SMILES string of the molecule is CC(C)[C@@H](C)NC(=O)c1cc(-c2ccc([N+](=O)[O-])cc2)nn1-c1ccc(Cl)cc1. The van der Waals surface area contributed by atoms with Gasteiger partial charge in [0.25, 0.3) is 11.6 Å². The largest absolute Gasteiger partial charge is 0.348 e. The second-order valence-electron chi connectivity index (χ2n) is 7.11. The van der Waals surface area contributed by atoms with Crippen molar-refractivity contribution in [3.63, 3.8) is 0 Å². The van der Waals surface area contributed by atoms with Gasteiger partial charge in [0, 0.05) is 28.8 Å². The molecule has 0 aliphatic heterocycles. The van der Waals surface area contributed by atoms with Crippen LogP contribution in [-0.2, 0) is 0 Å². The van der Waals surface area contributed by atoms with Crippen LogP contribution in [0.25, 0.3) is 16.9 Å². The van der Waals surface area contributed by atoms with E-state index in [0.717, 1.165) is 0 Å². The van der Waals surface area contributed by atoms with Crippen LogP contribution in [0.1, 0.15) is 31.3 Å². The molecule has 0 saturated heterocycles. The Hall–Kier alpha value is -3.19. The molecule has 29 heavy (non-hydrogen) atoms. The first-order chi connectivity index (χ1) is 13.8. The topological polar surface area (TPSA) is 90.1 Å². The van der Waals surface area contributed by atoms with Gasteiger partial charge in [-0.05, 0) is 55.3 Å². The zero-order valence-electron chi connectivity index (χ0n) is 16.3. The Bertz CT molecular complexity index is 1030. The number of rotatable bonds is 6. The molecule has 0 aliphatic carbocycles. The predicted molar refractivity (Wildman–Crippen MR) is 112 cm³/mol. The summed E-state index contributed by atoms with van der Waals surface area (Å²) in [5.74, 6) is 0.0295. The van der Waals surface area contributed by atoms with Crippen molar-refractivity contribution >= 4 is 23.2 Å². The first kappa shape index (κ1) is 20.5. The number of carbonyl (C=O) groups is 1. The van der Waals surface area contributed by atoms with Crippen molar-refractivity contribution in [3.05, 3.63) is 75.4 Å². The third-order valence-corrected chi connectivity index (χ3v) is 5.00. The van der Waals surface area contributed by atoms with Crippen molar-refractivity contribution in [2.24, 2.45) is 5.92 Å². The van der Waals surface area contributed by atoms with Crippen LogP contribution in [0.4, 0.5) is 5.69 Å². The molecule has 150 valence electrons. The molecule has 1 aromatic heterocycles. The van der Waals surface area contributed by atoms with E-state index in [1.54, 1.807) is 47.1 Å². The summed E-state index contributed by atoms with van der Waals surface area (Å²) in [4.78, 5) is 23.4. The Balaban J connectivity index is 2.04. The molecule has 0 spiro atoms. The van der Waals surface area contributed by atoms with E-state index in [0.29, 0.717) is 27.7 Å². The highest BCUT2D eigenvalue weighted by Crippen LogP contribution is 2.25. The van der Waals surface area contributed by atoms with Crippen molar-refractivity contribution in [2.75, 3.05) is 0 Å². The van der Waals surface area contributed by atoms with E-state index in [1.165, 1.54) is 12.1 Å². The van der Waals surface area contributed by atoms with Gasteiger partial charge in [0.1, 0.15) is 5.69 Å². The number of halogens is 1. The second kappa shape index (κ2) is 8.45. The van der Waals surface area contributed by atoms with Crippen molar-refractivity contribution in [1.82, 2.24) is 15.1 Å². The van der Waals surface area contributed by atoms with Crippen LogP contribution in [0.3, 0.4) is 0 Å². The predicted octanol–water partition coefficient (Wildman–Crippen LogP) is 4.88. The number of nitrogens with zero attached hydrogens (tertiary/aromatic N) is 3. The molecule has 8 heteroatoms. The highest BCUT2D eigenvalue weighted by atomic mass is 35.5. The number of nitrogens with one attached hydrogen (secondary N) is 1. The molecule has 0 saturated carbocycles. The standard InChI is InChI=1S/C21H21ClN4O3/c1-13(2)14(3)23-21(27)20-12-19(15-4-8-18(9-5-15)26(28)29)24-25(20)17-10-6-16(22)7-11-17/h4-14H,1-3H3,(H,23,27)/t14-/m1/s1. The van der Waals surface area contributed by atoms with Crippen LogP contribution in [0.15, 0.2) is 54.6 Å². The zero-order chi connectivity index (χ0) is 21.1. The van der Waals surface area contributed by atoms with Crippen molar-refractivity contribution in [2.45, 2.75) is 26.8 Å². The minimum atomic E-state index is -0.456. The molecule has 1 amide bonds. The normalized spacial score (nSPS) is 12.0. The van der Waals surface area contributed by atoms with Crippen molar-refractivity contribution in [3.8, 4) is 16.9 Å². The monoisotopic (exact) mass is 412 g/mol. The van der Waals surface area contributed by atoms with Gasteiger partial charge in [0.05, 0.1) is 16.3 Å². The maximum atomic E-state index is 12.9. The van der Waals surface area contributed by atoms with Gasteiger partial charge in [-0.1, -0.05) is 25.4 Å². The van der Waals surface area contributed by atoms with Gasteiger partial charge in [-0.2, -0.15) is 5.10 Å². The molecule has 0 fully saturated rings. The summed E-state index contributed by atoms with van der Waals surface area (Å²) >= 11 is 5.98. The molecule has 0 radical (unpaired) electrons. The van der Waals surface area contributed by atoms with Crippen LogP contribution in [-0.4, -0.2) is 26.7 Å². The second-order valence-corrected chi connectivity index (χ2v) is 7.55. The number of nitro groups is 1. The first-order valence-corrected chi connectivity index (χ1v) is 9.55. The lowest BCUT2D eigenvalue weighted by Gasteiger charge is -2.17. The summed E-state index contributed by atoms with van der Waals surface area (Å²) in [6.07, 6.45) is 0. The lowest BCUT2D eigenvalue weighted by Crippen LogP contribution is -2.37. The first-order valence-electron chi connectivity index (χ1n) is 9.18. The number of benzene rings is 2. The Kier molecular flexibility index (Phi) is 5.98. The van der Waals surface area contributed by atoms with E-state index in [4.69, 9.17) is 11.6 Å². The molecule has 3 rings (SSSR count). The third kappa shape index (κ3) is 4.63. The molecule has 3 aromatic rings. The Morgan fingerprint density at radius 3 is 2.28 bits per heavy atom. The average molecular weight is 413 g/mol. The Morgan fingerprint density at radius 2 is 1.72 bits per heavy atom. The molecule has 2 aromatic carbocycles. The fraction of sp³-hybridized carbons (Fsp3) is 0.238.